The highest BCUT2D eigenvalue weighted by Crippen LogP contribution is 2.48. The third kappa shape index (κ3) is 1.06. The van der Waals surface area contributed by atoms with Crippen molar-refractivity contribution in [1.29, 1.82) is 0 Å². The summed E-state index contributed by atoms with van der Waals surface area (Å²) in [6, 6.07) is 0. The van der Waals surface area contributed by atoms with E-state index < -0.39 is 5.41 Å². The number of rotatable bonds is 2. The number of nitrogens with one attached hydrogen (secondary N) is 2. The second-order valence-corrected chi connectivity index (χ2v) is 3.88. The fourth-order valence-electron chi connectivity index (χ4n) is 1.96. The number of nitrogens with zero attached hydrogens (tertiary/aromatic N) is 3. The smallest absolute Gasteiger partial charge is 0.246 e. The molecule has 0 atom stereocenters. The Hall–Kier alpha value is -2.02. The molecule has 1 saturated carbocycles. The van der Waals surface area contributed by atoms with Crippen molar-refractivity contribution in [2.75, 3.05) is 0 Å². The average Bonchev–Trinajstić information content (AvgIpc) is 2.98. The minimum atomic E-state index is -0.595. The molecular formula is C9H10N6O. The molecule has 0 unspecified atom stereocenters. The number of aromatic amines is 1. The fourth-order valence-corrected chi connectivity index (χ4v) is 1.96. The summed E-state index contributed by atoms with van der Waals surface area (Å²) < 4.78 is 0. The predicted octanol–water partition coefficient (Wildman–Crippen LogP) is -0.626. The zero-order chi connectivity index (χ0) is 11.2. The van der Waals surface area contributed by atoms with Crippen LogP contribution in [0.15, 0.2) is 12.7 Å². The van der Waals surface area contributed by atoms with Crippen molar-refractivity contribution in [3.8, 4) is 0 Å². The highest BCUT2D eigenvalue weighted by atomic mass is 16.2. The van der Waals surface area contributed by atoms with Crippen molar-refractivity contribution >= 4 is 17.1 Å². The fraction of sp³-hybridized carbons (Fsp3) is 0.333. The largest absolute Gasteiger partial charge is 0.342 e. The van der Waals surface area contributed by atoms with E-state index in [1.807, 2.05) is 0 Å². The van der Waals surface area contributed by atoms with Gasteiger partial charge in [-0.2, -0.15) is 0 Å². The van der Waals surface area contributed by atoms with Crippen molar-refractivity contribution in [2.45, 2.75) is 18.3 Å². The molecule has 4 N–H and O–H groups in total. The van der Waals surface area contributed by atoms with Crippen LogP contribution in [0, 0.1) is 0 Å². The van der Waals surface area contributed by atoms with E-state index in [1.165, 1.54) is 6.33 Å². The Bertz CT molecular complexity index is 558. The second-order valence-electron chi connectivity index (χ2n) is 3.88. The number of carbonyl (C=O) groups excluding carboxylic acids is 1. The van der Waals surface area contributed by atoms with Gasteiger partial charge in [0.05, 0.1) is 17.4 Å². The lowest BCUT2D eigenvalue weighted by Crippen LogP contribution is -2.39. The first kappa shape index (κ1) is 9.22. The molecule has 0 saturated heterocycles. The zero-order valence-electron chi connectivity index (χ0n) is 8.40. The standard InChI is InChI=1S/C9H10N6O/c10-15-8(16)9(1-2-9)6-5-7(13-3-11-5)14-4-12-6/h3-4H,1-2,10H2,(H,15,16)(H,11,12,13,14). The van der Waals surface area contributed by atoms with Crippen molar-refractivity contribution in [1.82, 2.24) is 25.4 Å². The summed E-state index contributed by atoms with van der Waals surface area (Å²) in [6.07, 6.45) is 4.46. The molecule has 7 nitrogen and oxygen atoms in total. The maximum Gasteiger partial charge on any atom is 0.246 e. The summed E-state index contributed by atoms with van der Waals surface area (Å²) in [5.41, 5.74) is 3.56. The Labute approximate surface area is 90.5 Å². The third-order valence-corrected chi connectivity index (χ3v) is 2.99. The molecule has 82 valence electrons. The molecule has 1 aliphatic carbocycles. The molecule has 2 aromatic heterocycles. The zero-order valence-corrected chi connectivity index (χ0v) is 8.40. The first-order valence-corrected chi connectivity index (χ1v) is 4.93. The van der Waals surface area contributed by atoms with Crippen LogP contribution in [-0.4, -0.2) is 25.8 Å². The van der Waals surface area contributed by atoms with Crippen LogP contribution in [0.2, 0.25) is 0 Å². The van der Waals surface area contributed by atoms with Gasteiger partial charge < -0.3 is 4.98 Å². The minimum Gasteiger partial charge on any atom is -0.342 e. The molecule has 0 bridgehead atoms. The summed E-state index contributed by atoms with van der Waals surface area (Å²) in [4.78, 5) is 26.9. The maximum absolute atomic E-state index is 11.7. The summed E-state index contributed by atoms with van der Waals surface area (Å²) in [5.74, 6) is 4.98. The van der Waals surface area contributed by atoms with Crippen molar-refractivity contribution in [3.63, 3.8) is 0 Å². The number of hydrazine groups is 1. The Kier molecular flexibility index (Phi) is 1.72. The van der Waals surface area contributed by atoms with Crippen molar-refractivity contribution in [3.05, 3.63) is 18.3 Å². The van der Waals surface area contributed by atoms with Gasteiger partial charge in [0, 0.05) is 0 Å². The van der Waals surface area contributed by atoms with Gasteiger partial charge in [-0.15, -0.1) is 0 Å². The number of hydrogen-bond acceptors (Lipinski definition) is 5. The van der Waals surface area contributed by atoms with Crippen LogP contribution in [0.5, 0.6) is 0 Å². The van der Waals surface area contributed by atoms with Crippen molar-refractivity contribution < 1.29 is 4.79 Å². The highest BCUT2D eigenvalue weighted by molar-refractivity contribution is 5.94. The monoisotopic (exact) mass is 218 g/mol. The predicted molar refractivity (Wildman–Crippen MR) is 54.9 cm³/mol. The number of H-pyrrole nitrogens is 1. The van der Waals surface area contributed by atoms with Crippen LogP contribution in [0.4, 0.5) is 0 Å². The molecule has 1 amide bonds. The van der Waals surface area contributed by atoms with E-state index in [4.69, 9.17) is 5.84 Å². The molecule has 0 spiro atoms. The SMILES string of the molecule is NNC(=O)C1(c2ncnc3nc[nH]c23)CC1. The van der Waals surface area contributed by atoms with E-state index in [0.29, 0.717) is 16.9 Å². The van der Waals surface area contributed by atoms with Gasteiger partial charge in [-0.05, 0) is 12.8 Å². The van der Waals surface area contributed by atoms with Gasteiger partial charge >= 0.3 is 0 Å². The Balaban J connectivity index is 2.19. The summed E-state index contributed by atoms with van der Waals surface area (Å²) in [5, 5.41) is 0. The van der Waals surface area contributed by atoms with Gasteiger partial charge in [0.25, 0.3) is 0 Å². The van der Waals surface area contributed by atoms with Crippen molar-refractivity contribution in [2.24, 2.45) is 5.84 Å². The molecule has 0 aromatic carbocycles. The van der Waals surface area contributed by atoms with E-state index in [9.17, 15) is 4.79 Å². The Morgan fingerprint density at radius 3 is 2.94 bits per heavy atom. The Morgan fingerprint density at radius 2 is 2.25 bits per heavy atom. The minimum absolute atomic E-state index is 0.206. The highest BCUT2D eigenvalue weighted by Gasteiger charge is 2.53. The number of fused-ring (bicyclic) bond motifs is 1. The molecular weight excluding hydrogens is 208 g/mol. The molecule has 2 heterocycles. The summed E-state index contributed by atoms with van der Waals surface area (Å²) >= 11 is 0. The van der Waals surface area contributed by atoms with Crippen LogP contribution in [0.3, 0.4) is 0 Å². The van der Waals surface area contributed by atoms with Gasteiger partial charge in [0.15, 0.2) is 5.65 Å². The van der Waals surface area contributed by atoms with Gasteiger partial charge in [0.2, 0.25) is 5.91 Å². The van der Waals surface area contributed by atoms with Crippen LogP contribution in [0.1, 0.15) is 18.5 Å². The van der Waals surface area contributed by atoms with Crippen LogP contribution in [0.25, 0.3) is 11.2 Å². The lowest BCUT2D eigenvalue weighted by Gasteiger charge is -2.12. The van der Waals surface area contributed by atoms with E-state index in [2.05, 4.69) is 25.4 Å². The second kappa shape index (κ2) is 2.99. The molecule has 7 heteroatoms. The molecule has 1 aliphatic rings. The molecule has 0 radical (unpaired) electrons. The maximum atomic E-state index is 11.7. The normalized spacial score (nSPS) is 17.3. The number of carbonyl (C=O) groups is 1. The molecule has 2 aromatic rings. The lowest BCUT2D eigenvalue weighted by atomic mass is 10.0. The van der Waals surface area contributed by atoms with Crippen LogP contribution >= 0.6 is 0 Å². The average molecular weight is 218 g/mol. The van der Waals surface area contributed by atoms with E-state index >= 15 is 0 Å². The quantitative estimate of drug-likeness (QED) is 0.353. The van der Waals surface area contributed by atoms with Crippen LogP contribution in [-0.2, 0) is 10.2 Å². The third-order valence-electron chi connectivity index (χ3n) is 2.99. The van der Waals surface area contributed by atoms with E-state index in [1.54, 1.807) is 6.33 Å². The number of hydrogen-bond donors (Lipinski definition) is 3. The first-order valence-electron chi connectivity index (χ1n) is 4.93. The number of amides is 1. The lowest BCUT2D eigenvalue weighted by molar-refractivity contribution is -0.123. The number of aromatic nitrogens is 4. The van der Waals surface area contributed by atoms with E-state index in [-0.39, 0.29) is 5.91 Å². The van der Waals surface area contributed by atoms with Gasteiger partial charge in [-0.25, -0.2) is 20.8 Å². The topological polar surface area (TPSA) is 110 Å². The van der Waals surface area contributed by atoms with E-state index in [0.717, 1.165) is 12.8 Å². The van der Waals surface area contributed by atoms with Gasteiger partial charge in [-0.1, -0.05) is 0 Å². The summed E-state index contributed by atoms with van der Waals surface area (Å²) in [7, 11) is 0. The number of imidazole rings is 1. The molecule has 0 aliphatic heterocycles. The number of nitrogens with two attached hydrogens (primary N) is 1. The van der Waals surface area contributed by atoms with Gasteiger partial charge in [-0.3, -0.25) is 10.2 Å². The molecule has 1 fully saturated rings. The summed E-state index contributed by atoms with van der Waals surface area (Å²) in [6.45, 7) is 0. The molecule has 16 heavy (non-hydrogen) atoms. The van der Waals surface area contributed by atoms with Gasteiger partial charge in [0.1, 0.15) is 11.8 Å². The Morgan fingerprint density at radius 1 is 1.44 bits per heavy atom. The first-order chi connectivity index (χ1) is 7.78. The van der Waals surface area contributed by atoms with Crippen LogP contribution < -0.4 is 11.3 Å². The molecule has 3 rings (SSSR count).